The largest absolute Gasteiger partial charge is 0.394 e. The van der Waals surface area contributed by atoms with E-state index in [2.05, 4.69) is 11.8 Å². The smallest absolute Gasteiger partial charge is 0.326 e. The molecular weight excluding hydrogens is 252 g/mol. The van der Waals surface area contributed by atoms with E-state index < -0.39 is 23.4 Å². The molecule has 0 saturated carbocycles. The fourth-order valence-corrected chi connectivity index (χ4v) is 2.11. The molecule has 2 rings (SSSR count). The van der Waals surface area contributed by atoms with Crippen LogP contribution in [0.2, 0.25) is 0 Å². The Balaban J connectivity index is 2.33. The Hall–Kier alpha value is -1.88. The summed E-state index contributed by atoms with van der Waals surface area (Å²) in [4.78, 5) is 10.5. The van der Waals surface area contributed by atoms with Crippen molar-refractivity contribution in [3.8, 4) is 11.8 Å². The first-order valence-electron chi connectivity index (χ1n) is 5.80. The fraction of sp³-hybridized carbons (Fsp3) is 0.500. The van der Waals surface area contributed by atoms with Gasteiger partial charge in [-0.3, -0.25) is 0 Å². The van der Waals surface area contributed by atoms with E-state index in [-0.39, 0.29) is 18.8 Å². The van der Waals surface area contributed by atoms with Gasteiger partial charge in [-0.25, -0.2) is 4.57 Å². The molecule has 0 unspecified atom stereocenters. The number of aliphatic hydroxyl groups is 2. The SMILES string of the molecule is CC#Cc1cc([N+](=O)[O-])n([C@H]2C[C@H](O)[C@@H](CO)O2)c1. The number of aliphatic hydroxyl groups excluding tert-OH is 2. The molecule has 0 spiro atoms. The summed E-state index contributed by atoms with van der Waals surface area (Å²) in [5, 5.41) is 29.7. The van der Waals surface area contributed by atoms with Crippen LogP contribution in [0.25, 0.3) is 0 Å². The molecule has 0 aliphatic carbocycles. The second-order valence-corrected chi connectivity index (χ2v) is 4.24. The molecule has 2 heterocycles. The lowest BCUT2D eigenvalue weighted by molar-refractivity contribution is -0.393. The third-order valence-corrected chi connectivity index (χ3v) is 2.98. The van der Waals surface area contributed by atoms with Gasteiger partial charge >= 0.3 is 5.82 Å². The van der Waals surface area contributed by atoms with Crippen LogP contribution in [-0.4, -0.2) is 38.5 Å². The van der Waals surface area contributed by atoms with Crippen molar-refractivity contribution in [2.75, 3.05) is 6.61 Å². The Labute approximate surface area is 109 Å². The molecule has 102 valence electrons. The van der Waals surface area contributed by atoms with E-state index in [0.29, 0.717) is 5.56 Å². The van der Waals surface area contributed by atoms with E-state index in [4.69, 9.17) is 9.84 Å². The maximum Gasteiger partial charge on any atom is 0.326 e. The van der Waals surface area contributed by atoms with E-state index in [1.165, 1.54) is 16.8 Å². The number of hydrogen-bond acceptors (Lipinski definition) is 5. The van der Waals surface area contributed by atoms with E-state index in [1.54, 1.807) is 6.92 Å². The van der Waals surface area contributed by atoms with Crippen molar-refractivity contribution in [3.63, 3.8) is 0 Å². The van der Waals surface area contributed by atoms with Gasteiger partial charge in [0, 0.05) is 6.42 Å². The standard InChI is InChI=1S/C12H14N2O5/c1-2-3-8-4-11(14(17)18)13(6-8)12-5-9(16)10(7-15)19-12/h4,6,9-10,12,15-16H,5,7H2,1H3/t9-,10+,12+/m0/s1. The summed E-state index contributed by atoms with van der Waals surface area (Å²) in [5.41, 5.74) is 0.514. The van der Waals surface area contributed by atoms with Crippen LogP contribution in [0, 0.1) is 22.0 Å². The van der Waals surface area contributed by atoms with Crippen molar-refractivity contribution in [2.24, 2.45) is 0 Å². The molecule has 1 aliphatic heterocycles. The molecule has 3 atom stereocenters. The molecule has 1 aromatic heterocycles. The maximum atomic E-state index is 11.0. The Bertz CT molecular complexity index is 542. The minimum atomic E-state index is -0.835. The van der Waals surface area contributed by atoms with Crippen molar-refractivity contribution < 1.29 is 19.9 Å². The number of ether oxygens (including phenoxy) is 1. The van der Waals surface area contributed by atoms with Crippen molar-refractivity contribution in [2.45, 2.75) is 31.8 Å². The van der Waals surface area contributed by atoms with Gasteiger partial charge in [0.25, 0.3) is 0 Å². The van der Waals surface area contributed by atoms with Gasteiger partial charge in [-0.05, 0) is 11.8 Å². The number of hydrogen-bond donors (Lipinski definition) is 2. The first-order valence-corrected chi connectivity index (χ1v) is 5.80. The number of aromatic nitrogens is 1. The van der Waals surface area contributed by atoms with Crippen LogP contribution in [0.3, 0.4) is 0 Å². The minimum Gasteiger partial charge on any atom is -0.394 e. The molecule has 0 amide bonds. The van der Waals surface area contributed by atoms with Gasteiger partial charge in [0.2, 0.25) is 6.23 Å². The molecule has 2 N–H and O–H groups in total. The fourth-order valence-electron chi connectivity index (χ4n) is 2.11. The molecule has 19 heavy (non-hydrogen) atoms. The van der Waals surface area contributed by atoms with E-state index in [1.807, 2.05) is 0 Å². The third-order valence-electron chi connectivity index (χ3n) is 2.98. The van der Waals surface area contributed by atoms with Crippen molar-refractivity contribution >= 4 is 5.82 Å². The zero-order valence-electron chi connectivity index (χ0n) is 10.3. The highest BCUT2D eigenvalue weighted by molar-refractivity contribution is 5.41. The highest BCUT2D eigenvalue weighted by Gasteiger charge is 2.38. The molecule has 7 nitrogen and oxygen atoms in total. The van der Waals surface area contributed by atoms with E-state index in [0.717, 1.165) is 0 Å². The third kappa shape index (κ3) is 2.61. The predicted molar refractivity (Wildman–Crippen MR) is 65.3 cm³/mol. The Morgan fingerprint density at radius 2 is 2.42 bits per heavy atom. The quantitative estimate of drug-likeness (QED) is 0.469. The Kier molecular flexibility index (Phi) is 3.85. The van der Waals surface area contributed by atoms with Gasteiger partial charge < -0.3 is 25.1 Å². The van der Waals surface area contributed by atoms with Crippen LogP contribution in [0.4, 0.5) is 5.82 Å². The van der Waals surface area contributed by atoms with Crippen molar-refractivity contribution in [1.82, 2.24) is 4.57 Å². The summed E-state index contributed by atoms with van der Waals surface area (Å²) < 4.78 is 6.73. The second-order valence-electron chi connectivity index (χ2n) is 4.24. The summed E-state index contributed by atoms with van der Waals surface area (Å²) in [5.74, 6) is 5.26. The summed E-state index contributed by atoms with van der Waals surface area (Å²) in [7, 11) is 0. The molecule has 7 heteroatoms. The molecule has 1 aromatic rings. The number of nitro groups is 1. The highest BCUT2D eigenvalue weighted by Crippen LogP contribution is 2.32. The van der Waals surface area contributed by atoms with Gasteiger partial charge in [0.15, 0.2) is 0 Å². The highest BCUT2D eigenvalue weighted by atomic mass is 16.6. The minimum absolute atomic E-state index is 0.145. The Morgan fingerprint density at radius 3 is 2.95 bits per heavy atom. The van der Waals surface area contributed by atoms with Crippen LogP contribution in [-0.2, 0) is 4.74 Å². The topological polar surface area (TPSA) is 97.8 Å². The first-order chi connectivity index (χ1) is 9.06. The van der Waals surface area contributed by atoms with Gasteiger partial charge in [0.1, 0.15) is 12.3 Å². The maximum absolute atomic E-state index is 11.0. The molecule has 1 aliphatic rings. The molecular formula is C12H14N2O5. The van der Waals surface area contributed by atoms with Gasteiger partial charge in [-0.15, -0.1) is 5.92 Å². The molecule has 0 bridgehead atoms. The monoisotopic (exact) mass is 266 g/mol. The van der Waals surface area contributed by atoms with Crippen LogP contribution >= 0.6 is 0 Å². The normalized spacial score (nSPS) is 25.9. The molecule has 0 radical (unpaired) electrons. The summed E-state index contributed by atoms with van der Waals surface area (Å²) in [6, 6.07) is 1.36. The average molecular weight is 266 g/mol. The zero-order chi connectivity index (χ0) is 14.0. The van der Waals surface area contributed by atoms with Crippen LogP contribution in [0.15, 0.2) is 12.3 Å². The summed E-state index contributed by atoms with van der Waals surface area (Å²) in [6.45, 7) is 1.31. The number of rotatable bonds is 3. The van der Waals surface area contributed by atoms with Gasteiger partial charge in [0.05, 0.1) is 24.3 Å². The summed E-state index contributed by atoms with van der Waals surface area (Å²) >= 11 is 0. The number of nitrogens with zero attached hydrogens (tertiary/aromatic N) is 2. The molecule has 1 saturated heterocycles. The average Bonchev–Trinajstić information content (AvgIpc) is 2.93. The lowest BCUT2D eigenvalue weighted by Gasteiger charge is -2.10. The Morgan fingerprint density at radius 1 is 1.68 bits per heavy atom. The first kappa shape index (κ1) is 13.5. The molecule has 0 aromatic carbocycles. The van der Waals surface area contributed by atoms with Crippen LogP contribution in [0.1, 0.15) is 25.1 Å². The van der Waals surface area contributed by atoms with Crippen LogP contribution < -0.4 is 0 Å². The molecule has 1 fully saturated rings. The van der Waals surface area contributed by atoms with Crippen LogP contribution in [0.5, 0.6) is 0 Å². The van der Waals surface area contributed by atoms with E-state index in [9.17, 15) is 15.2 Å². The van der Waals surface area contributed by atoms with Crippen molar-refractivity contribution in [1.29, 1.82) is 0 Å². The van der Waals surface area contributed by atoms with E-state index >= 15 is 0 Å². The summed E-state index contributed by atoms with van der Waals surface area (Å²) in [6.07, 6.45) is -0.503. The van der Waals surface area contributed by atoms with Gasteiger partial charge in [-0.1, -0.05) is 5.92 Å². The van der Waals surface area contributed by atoms with Gasteiger partial charge in [-0.2, -0.15) is 0 Å². The zero-order valence-corrected chi connectivity index (χ0v) is 10.3. The van der Waals surface area contributed by atoms with Crippen molar-refractivity contribution in [3.05, 3.63) is 27.9 Å². The lowest BCUT2D eigenvalue weighted by Crippen LogP contribution is -2.24. The second kappa shape index (κ2) is 5.40. The predicted octanol–water partition coefficient (Wildman–Crippen LogP) is 0.408. The lowest BCUT2D eigenvalue weighted by atomic mass is 10.2.